The number of halogens is 3. The molecule has 0 fully saturated rings. The normalized spacial score (nSPS) is 11.0. The number of anilines is 1. The van der Waals surface area contributed by atoms with Gasteiger partial charge in [-0.2, -0.15) is 8.78 Å². The molecule has 0 aliphatic carbocycles. The minimum atomic E-state index is -3.37. The fourth-order valence-electron chi connectivity index (χ4n) is 3.14. The molecule has 0 aliphatic rings. The van der Waals surface area contributed by atoms with Crippen LogP contribution in [-0.4, -0.2) is 40.2 Å². The molecule has 13 heteroatoms. The van der Waals surface area contributed by atoms with E-state index in [-0.39, 0.29) is 24.1 Å². The van der Waals surface area contributed by atoms with Crippen LogP contribution in [0.15, 0.2) is 59.7 Å². The van der Waals surface area contributed by atoms with Crippen LogP contribution in [0.1, 0.15) is 16.8 Å². The van der Waals surface area contributed by atoms with Crippen LogP contribution in [0.4, 0.5) is 19.4 Å². The third kappa shape index (κ3) is 6.98. The summed E-state index contributed by atoms with van der Waals surface area (Å²) >= 11 is 6.04. The molecule has 190 valence electrons. The number of carbonyl (C=O) groups excluding carboxylic acids is 2. The van der Waals surface area contributed by atoms with Gasteiger partial charge in [0.05, 0.1) is 19.9 Å². The third-order valence-corrected chi connectivity index (χ3v) is 5.33. The van der Waals surface area contributed by atoms with Crippen molar-refractivity contribution >= 4 is 29.4 Å². The van der Waals surface area contributed by atoms with Gasteiger partial charge < -0.3 is 20.7 Å². The van der Waals surface area contributed by atoms with Crippen molar-refractivity contribution in [1.82, 2.24) is 25.2 Å². The smallest absolute Gasteiger partial charge is 0.407 e. The van der Waals surface area contributed by atoms with Gasteiger partial charge in [-0.05, 0) is 23.3 Å². The topological polar surface area (TPSA) is 127 Å². The Morgan fingerprint density at radius 3 is 2.36 bits per heavy atom. The number of pyridine rings is 1. The number of nitrogens with one attached hydrogen (secondary N) is 3. The first-order chi connectivity index (χ1) is 17.2. The molecule has 2 amide bonds. The number of alkyl carbamates (subject to hydrolysis) is 1. The van der Waals surface area contributed by atoms with Crippen LogP contribution < -0.4 is 21.5 Å². The van der Waals surface area contributed by atoms with E-state index in [2.05, 4.69) is 30.7 Å². The van der Waals surface area contributed by atoms with E-state index in [0.717, 1.165) is 21.9 Å². The number of rotatable bonds is 10. The lowest BCUT2D eigenvalue weighted by Gasteiger charge is -2.17. The molecule has 1 aromatic carbocycles. The summed E-state index contributed by atoms with van der Waals surface area (Å²) in [6.07, 6.45) is 1.73. The van der Waals surface area contributed by atoms with Crippen LogP contribution >= 0.6 is 11.6 Å². The highest BCUT2D eigenvalue weighted by Gasteiger charge is 2.33. The van der Waals surface area contributed by atoms with Gasteiger partial charge in [-0.1, -0.05) is 41.9 Å². The van der Waals surface area contributed by atoms with Gasteiger partial charge in [-0.3, -0.25) is 19.1 Å². The molecular formula is C23H23ClF2N6O4. The maximum atomic E-state index is 14.4. The van der Waals surface area contributed by atoms with Gasteiger partial charge in [0.1, 0.15) is 17.4 Å². The molecule has 2 aromatic heterocycles. The van der Waals surface area contributed by atoms with E-state index in [0.29, 0.717) is 0 Å². The van der Waals surface area contributed by atoms with Gasteiger partial charge in [0.2, 0.25) is 5.91 Å². The molecule has 3 rings (SSSR count). The Balaban J connectivity index is 1.64. The molecule has 3 aromatic rings. The number of hydrogen-bond acceptors (Lipinski definition) is 7. The minimum absolute atomic E-state index is 0.108. The minimum Gasteiger partial charge on any atom is -0.453 e. The summed E-state index contributed by atoms with van der Waals surface area (Å²) in [6.45, 7) is -1.10. The quantitative estimate of drug-likeness (QED) is 0.375. The summed E-state index contributed by atoms with van der Waals surface area (Å²) in [4.78, 5) is 44.0. The molecule has 0 atom stereocenters. The Kier molecular flexibility index (Phi) is 8.90. The highest BCUT2D eigenvalue weighted by atomic mass is 35.5. The monoisotopic (exact) mass is 520 g/mol. The van der Waals surface area contributed by atoms with Crippen LogP contribution in [0.3, 0.4) is 0 Å². The summed E-state index contributed by atoms with van der Waals surface area (Å²) in [7, 11) is 1.25. The fourth-order valence-corrected chi connectivity index (χ4v) is 3.32. The average Bonchev–Trinajstić information content (AvgIpc) is 2.89. The molecule has 0 saturated heterocycles. The van der Waals surface area contributed by atoms with Crippen LogP contribution in [0.5, 0.6) is 0 Å². The second-order valence-electron chi connectivity index (χ2n) is 7.48. The van der Waals surface area contributed by atoms with Gasteiger partial charge in [-0.25, -0.2) is 9.78 Å². The zero-order valence-corrected chi connectivity index (χ0v) is 19.9. The first-order valence-electron chi connectivity index (χ1n) is 10.6. The van der Waals surface area contributed by atoms with E-state index in [9.17, 15) is 23.2 Å². The van der Waals surface area contributed by atoms with Crippen molar-refractivity contribution in [1.29, 1.82) is 0 Å². The lowest BCUT2D eigenvalue weighted by Crippen LogP contribution is -2.35. The van der Waals surface area contributed by atoms with Gasteiger partial charge in [0, 0.05) is 19.3 Å². The Morgan fingerprint density at radius 1 is 1.06 bits per heavy atom. The van der Waals surface area contributed by atoms with Gasteiger partial charge in [0.25, 0.3) is 5.56 Å². The Morgan fingerprint density at radius 2 is 1.72 bits per heavy atom. The number of benzene rings is 1. The molecule has 0 radical (unpaired) electrons. The van der Waals surface area contributed by atoms with Crippen LogP contribution in [0, 0.1) is 0 Å². The fraction of sp³-hybridized carbons (Fsp3) is 0.261. The van der Waals surface area contributed by atoms with E-state index in [1.165, 1.54) is 31.5 Å². The second kappa shape index (κ2) is 12.1. The summed E-state index contributed by atoms with van der Waals surface area (Å²) in [5.74, 6) is -4.31. The molecule has 36 heavy (non-hydrogen) atoms. The van der Waals surface area contributed by atoms with Crippen molar-refractivity contribution in [3.8, 4) is 0 Å². The molecule has 3 N–H and O–H groups in total. The van der Waals surface area contributed by atoms with E-state index >= 15 is 0 Å². The lowest BCUT2D eigenvalue weighted by molar-refractivity contribution is -0.121. The number of carbonyl (C=O) groups is 2. The number of alkyl halides is 2. The van der Waals surface area contributed by atoms with Gasteiger partial charge in [0.15, 0.2) is 5.82 Å². The molecule has 10 nitrogen and oxygen atoms in total. The predicted octanol–water partition coefficient (Wildman–Crippen LogP) is 2.67. The molecule has 0 saturated carbocycles. The lowest BCUT2D eigenvalue weighted by atomic mass is 10.1. The van der Waals surface area contributed by atoms with Crippen LogP contribution in [0.25, 0.3) is 0 Å². The molecule has 0 spiro atoms. The summed E-state index contributed by atoms with van der Waals surface area (Å²) < 4.78 is 34.2. The molecule has 0 bridgehead atoms. The van der Waals surface area contributed by atoms with E-state index < -0.39 is 42.3 Å². The van der Waals surface area contributed by atoms with Gasteiger partial charge >= 0.3 is 12.0 Å². The first-order valence-corrected chi connectivity index (χ1v) is 11.0. The summed E-state index contributed by atoms with van der Waals surface area (Å²) in [5, 5.41) is 7.41. The highest BCUT2D eigenvalue weighted by Crippen LogP contribution is 2.25. The van der Waals surface area contributed by atoms with Crippen molar-refractivity contribution in [2.24, 2.45) is 0 Å². The number of amides is 2. The van der Waals surface area contributed by atoms with E-state index in [1.54, 1.807) is 24.3 Å². The molecular weight excluding hydrogens is 498 g/mol. The Labute approximate surface area is 209 Å². The maximum Gasteiger partial charge on any atom is 0.407 e. The first kappa shape index (κ1) is 26.5. The number of methoxy groups -OCH3 is 1. The standard InChI is InChI=1S/C23H23ClF2N6O4/c1-36-22(35)30-11-16-7-3-2-6-15(16)10-28-19(33)13-32-18(24)12-29-20(21(32)34)31-14-23(25,26)17-8-4-5-9-27-17/h2-9,12H,10-11,13-14H2,1H3,(H,28,33)(H,29,31)(H,30,35). The number of aromatic nitrogens is 3. The van der Waals surface area contributed by atoms with Crippen LogP contribution in [0.2, 0.25) is 5.15 Å². The molecule has 2 heterocycles. The van der Waals surface area contributed by atoms with Crippen molar-refractivity contribution in [3.05, 3.63) is 87.2 Å². The Bertz CT molecular complexity index is 1270. The average molecular weight is 521 g/mol. The van der Waals surface area contributed by atoms with Crippen molar-refractivity contribution in [2.45, 2.75) is 25.6 Å². The molecule has 0 unspecified atom stereocenters. The SMILES string of the molecule is COC(=O)NCc1ccccc1CNC(=O)Cn1c(Cl)cnc(NCC(F)(F)c2ccccn2)c1=O. The maximum absolute atomic E-state index is 14.4. The summed E-state index contributed by atoms with van der Waals surface area (Å²) in [6, 6.07) is 11.2. The van der Waals surface area contributed by atoms with Gasteiger partial charge in [-0.15, -0.1) is 0 Å². The van der Waals surface area contributed by atoms with Crippen molar-refractivity contribution < 1.29 is 23.1 Å². The third-order valence-electron chi connectivity index (χ3n) is 5.03. The van der Waals surface area contributed by atoms with Crippen molar-refractivity contribution in [3.63, 3.8) is 0 Å². The second-order valence-corrected chi connectivity index (χ2v) is 7.87. The van der Waals surface area contributed by atoms with E-state index in [4.69, 9.17) is 11.6 Å². The number of nitrogens with zero attached hydrogens (tertiary/aromatic N) is 3. The largest absolute Gasteiger partial charge is 0.453 e. The zero-order chi connectivity index (χ0) is 26.1. The summed E-state index contributed by atoms with van der Waals surface area (Å²) in [5.41, 5.74) is 0.183. The van der Waals surface area contributed by atoms with Crippen molar-refractivity contribution in [2.75, 3.05) is 19.0 Å². The number of ether oxygens (including phenoxy) is 1. The predicted molar refractivity (Wildman–Crippen MR) is 128 cm³/mol. The van der Waals surface area contributed by atoms with E-state index in [1.807, 2.05) is 0 Å². The molecule has 0 aliphatic heterocycles. The Hall–Kier alpha value is -4.06. The van der Waals surface area contributed by atoms with Crippen LogP contribution in [-0.2, 0) is 35.1 Å². The highest BCUT2D eigenvalue weighted by molar-refractivity contribution is 6.29. The number of hydrogen-bond donors (Lipinski definition) is 3. The zero-order valence-electron chi connectivity index (χ0n) is 19.1.